The highest BCUT2D eigenvalue weighted by Gasteiger charge is 2.01. The van der Waals surface area contributed by atoms with Crippen molar-refractivity contribution in [1.82, 2.24) is 4.57 Å². The minimum Gasteiger partial charge on any atom is -0.550 e. The molecule has 2 rings (SSSR count). The van der Waals surface area contributed by atoms with Gasteiger partial charge in [0.2, 0.25) is 0 Å². The molecule has 16 heavy (non-hydrogen) atoms. The van der Waals surface area contributed by atoms with Crippen LogP contribution in [-0.4, -0.2) is 10.5 Å². The van der Waals surface area contributed by atoms with Gasteiger partial charge >= 0.3 is 0 Å². The van der Waals surface area contributed by atoms with E-state index in [0.717, 1.165) is 13.3 Å². The predicted octanol–water partition coefficient (Wildman–Crippen LogP) is 1.50. The molecule has 86 valence electrons. The van der Waals surface area contributed by atoms with Crippen LogP contribution in [0.1, 0.15) is 19.5 Å². The zero-order valence-corrected chi connectivity index (χ0v) is 9.86. The van der Waals surface area contributed by atoms with Crippen molar-refractivity contribution >= 4 is 16.9 Å². The molecule has 0 unspecified atom stereocenters. The van der Waals surface area contributed by atoms with Crippen LogP contribution in [0.3, 0.4) is 0 Å². The molecule has 0 amide bonds. The molecule has 0 fully saturated rings. The molecule has 0 aliphatic rings. The van der Waals surface area contributed by atoms with Crippen LogP contribution < -0.4 is 5.11 Å². The first-order valence-electron chi connectivity index (χ1n) is 5.27. The van der Waals surface area contributed by atoms with E-state index in [9.17, 15) is 0 Å². The average molecular weight is 218 g/mol. The average Bonchev–Trinajstić information content (AvgIpc) is 2.55. The minimum atomic E-state index is -1.08. The van der Waals surface area contributed by atoms with Crippen LogP contribution in [0.4, 0.5) is 0 Å². The lowest BCUT2D eigenvalue weighted by atomic mass is 10.2. The molecule has 0 bridgehead atoms. The van der Waals surface area contributed by atoms with E-state index in [-0.39, 0.29) is 0 Å². The van der Waals surface area contributed by atoms with Crippen molar-refractivity contribution in [2.45, 2.75) is 20.3 Å². The van der Waals surface area contributed by atoms with Gasteiger partial charge in [0.15, 0.2) is 0 Å². The Kier molecular flexibility index (Phi) is 4.11. The predicted molar refractivity (Wildman–Crippen MR) is 63.0 cm³/mol. The van der Waals surface area contributed by atoms with Crippen molar-refractivity contribution in [3.63, 3.8) is 0 Å². The van der Waals surface area contributed by atoms with Crippen LogP contribution in [0.25, 0.3) is 10.9 Å². The number of hydrogen-bond acceptors (Lipinski definition) is 2. The molecule has 1 aromatic heterocycles. The van der Waals surface area contributed by atoms with Crippen molar-refractivity contribution in [1.29, 1.82) is 0 Å². The summed E-state index contributed by atoms with van der Waals surface area (Å²) in [4.78, 5) is 8.89. The SMILES string of the molecule is CC(=O)[O-].CCc1cc2ccccc2n1C. The molecule has 0 radical (unpaired) electrons. The van der Waals surface area contributed by atoms with Crippen LogP contribution >= 0.6 is 0 Å². The number of aromatic nitrogens is 1. The number of fused-ring (bicyclic) bond motifs is 1. The van der Waals surface area contributed by atoms with Crippen molar-refractivity contribution in [2.75, 3.05) is 0 Å². The number of nitrogens with zero attached hydrogens (tertiary/aromatic N) is 1. The van der Waals surface area contributed by atoms with Crippen LogP contribution in [0.5, 0.6) is 0 Å². The molecule has 0 atom stereocenters. The number of carbonyl (C=O) groups is 1. The molecular weight excluding hydrogens is 202 g/mol. The van der Waals surface area contributed by atoms with Gasteiger partial charge in [-0.05, 0) is 30.9 Å². The molecule has 0 N–H and O–H groups in total. The molecule has 2 aromatic rings. The summed E-state index contributed by atoms with van der Waals surface area (Å²) in [6.07, 6.45) is 1.10. The Balaban J connectivity index is 0.000000280. The Labute approximate surface area is 95.3 Å². The van der Waals surface area contributed by atoms with Crippen LogP contribution in [0, 0.1) is 0 Å². The summed E-state index contributed by atoms with van der Waals surface area (Å²) in [5, 5.41) is 10.2. The highest BCUT2D eigenvalue weighted by molar-refractivity contribution is 5.81. The topological polar surface area (TPSA) is 45.1 Å². The van der Waals surface area contributed by atoms with Crippen molar-refractivity contribution in [2.24, 2.45) is 7.05 Å². The van der Waals surface area contributed by atoms with Gasteiger partial charge in [0.1, 0.15) is 0 Å². The quantitative estimate of drug-likeness (QED) is 0.728. The van der Waals surface area contributed by atoms with Crippen LogP contribution in [0.2, 0.25) is 0 Å². The molecule has 0 spiro atoms. The molecule has 1 aromatic carbocycles. The Morgan fingerprint density at radius 2 is 1.94 bits per heavy atom. The smallest absolute Gasteiger partial charge is 0.0479 e. The number of para-hydroxylation sites is 1. The summed E-state index contributed by atoms with van der Waals surface area (Å²) >= 11 is 0. The highest BCUT2D eigenvalue weighted by Crippen LogP contribution is 2.18. The second-order valence-corrected chi connectivity index (χ2v) is 3.60. The summed E-state index contributed by atoms with van der Waals surface area (Å²) in [6.45, 7) is 3.16. The van der Waals surface area contributed by atoms with Crippen molar-refractivity contribution in [3.8, 4) is 0 Å². The van der Waals surface area contributed by atoms with E-state index < -0.39 is 5.97 Å². The molecule has 0 aliphatic heterocycles. The zero-order chi connectivity index (χ0) is 12.1. The minimum absolute atomic E-state index is 0.972. The molecule has 0 saturated carbocycles. The zero-order valence-electron chi connectivity index (χ0n) is 9.86. The standard InChI is InChI=1S/C11H13N.C2H4O2/c1-3-10-8-9-6-4-5-7-11(9)12(10)2;1-2(3)4/h4-8H,3H2,1-2H3;1H3,(H,3,4)/p-1. The van der Waals surface area contributed by atoms with Gasteiger partial charge in [-0.1, -0.05) is 25.1 Å². The first-order chi connectivity index (χ1) is 7.56. The largest absolute Gasteiger partial charge is 0.550 e. The highest BCUT2D eigenvalue weighted by atomic mass is 16.4. The number of carboxylic acid groups (broad SMARTS) is 1. The van der Waals surface area contributed by atoms with Gasteiger partial charge in [0.05, 0.1) is 0 Å². The Hall–Kier alpha value is -1.77. The lowest BCUT2D eigenvalue weighted by Crippen LogP contribution is -2.16. The summed E-state index contributed by atoms with van der Waals surface area (Å²) < 4.78 is 2.26. The maximum Gasteiger partial charge on any atom is 0.0479 e. The first-order valence-corrected chi connectivity index (χ1v) is 5.27. The monoisotopic (exact) mass is 218 g/mol. The van der Waals surface area contributed by atoms with Gasteiger partial charge in [-0.3, -0.25) is 0 Å². The lowest BCUT2D eigenvalue weighted by molar-refractivity contribution is -0.302. The van der Waals surface area contributed by atoms with Gasteiger partial charge in [-0.15, -0.1) is 0 Å². The molecule has 3 heteroatoms. The fourth-order valence-electron chi connectivity index (χ4n) is 1.69. The Bertz CT molecular complexity index is 482. The summed E-state index contributed by atoms with van der Waals surface area (Å²) in [5.41, 5.74) is 2.73. The third-order valence-corrected chi connectivity index (χ3v) is 2.41. The van der Waals surface area contributed by atoms with Crippen LogP contribution in [0.15, 0.2) is 30.3 Å². The summed E-state index contributed by atoms with van der Waals surface area (Å²) in [7, 11) is 2.13. The summed E-state index contributed by atoms with van der Waals surface area (Å²) in [5.74, 6) is -1.08. The number of hydrogen-bond donors (Lipinski definition) is 0. The second-order valence-electron chi connectivity index (χ2n) is 3.60. The van der Waals surface area contributed by atoms with E-state index in [2.05, 4.69) is 48.9 Å². The van der Waals surface area contributed by atoms with Gasteiger partial charge in [0, 0.05) is 24.2 Å². The van der Waals surface area contributed by atoms with Gasteiger partial charge < -0.3 is 14.5 Å². The molecule has 1 heterocycles. The van der Waals surface area contributed by atoms with E-state index in [4.69, 9.17) is 9.90 Å². The maximum absolute atomic E-state index is 8.89. The molecule has 0 aliphatic carbocycles. The van der Waals surface area contributed by atoms with Crippen molar-refractivity contribution < 1.29 is 9.90 Å². The number of aryl methyl sites for hydroxylation is 2. The van der Waals surface area contributed by atoms with Gasteiger partial charge in [-0.2, -0.15) is 0 Å². The van der Waals surface area contributed by atoms with Gasteiger partial charge in [-0.25, -0.2) is 0 Å². The third-order valence-electron chi connectivity index (χ3n) is 2.41. The van der Waals surface area contributed by atoms with E-state index in [1.807, 2.05) is 0 Å². The lowest BCUT2D eigenvalue weighted by Gasteiger charge is -1.99. The maximum atomic E-state index is 8.89. The molecule has 0 saturated heterocycles. The van der Waals surface area contributed by atoms with E-state index in [0.29, 0.717) is 0 Å². The number of carboxylic acids is 1. The van der Waals surface area contributed by atoms with Crippen molar-refractivity contribution in [3.05, 3.63) is 36.0 Å². The summed E-state index contributed by atoms with van der Waals surface area (Å²) in [6, 6.07) is 10.8. The van der Waals surface area contributed by atoms with Crippen LogP contribution in [-0.2, 0) is 18.3 Å². The number of benzene rings is 1. The normalized spacial score (nSPS) is 9.69. The fourth-order valence-corrected chi connectivity index (χ4v) is 1.69. The molecular formula is C13H16NO2-. The fraction of sp³-hybridized carbons (Fsp3) is 0.308. The molecule has 3 nitrogen and oxygen atoms in total. The Morgan fingerprint density at radius 3 is 2.44 bits per heavy atom. The van der Waals surface area contributed by atoms with E-state index in [1.165, 1.54) is 16.6 Å². The first kappa shape index (κ1) is 12.3. The number of aliphatic carboxylic acids is 1. The second kappa shape index (κ2) is 5.35. The number of carbonyl (C=O) groups excluding carboxylic acids is 1. The van der Waals surface area contributed by atoms with E-state index >= 15 is 0 Å². The third kappa shape index (κ3) is 2.86. The number of rotatable bonds is 1. The van der Waals surface area contributed by atoms with Gasteiger partial charge in [0.25, 0.3) is 0 Å². The van der Waals surface area contributed by atoms with E-state index in [1.54, 1.807) is 0 Å². The Morgan fingerprint density at radius 1 is 1.38 bits per heavy atom.